The molecule has 1 aliphatic rings. The van der Waals surface area contributed by atoms with Gasteiger partial charge >= 0.3 is 0 Å². The van der Waals surface area contributed by atoms with E-state index in [1.807, 2.05) is 0 Å². The minimum Gasteiger partial charge on any atom is -0.396 e. The topological polar surface area (TPSA) is 43.7 Å². The van der Waals surface area contributed by atoms with Gasteiger partial charge in [0.15, 0.2) is 0 Å². The number of nitrogens with zero attached hydrogens (tertiary/aromatic N) is 1. The molecule has 1 aliphatic carbocycles. The quantitative estimate of drug-likeness (QED) is 0.641. The minimum absolute atomic E-state index is 0.171. The van der Waals surface area contributed by atoms with Crippen LogP contribution in [0.2, 0.25) is 0 Å². The molecule has 0 bridgehead atoms. The van der Waals surface area contributed by atoms with Gasteiger partial charge in [0.1, 0.15) is 0 Å². The molecular formula is C14H29NO2. The van der Waals surface area contributed by atoms with Gasteiger partial charge in [0.2, 0.25) is 0 Å². The Morgan fingerprint density at radius 1 is 1.00 bits per heavy atom. The summed E-state index contributed by atoms with van der Waals surface area (Å²) in [4.78, 5) is 2.36. The van der Waals surface area contributed by atoms with Crippen LogP contribution in [0.4, 0.5) is 0 Å². The summed E-state index contributed by atoms with van der Waals surface area (Å²) in [5.41, 5.74) is 0.171. The molecule has 0 aromatic rings. The molecule has 0 saturated heterocycles. The third-order valence-corrected chi connectivity index (χ3v) is 4.05. The normalized spacial score (nSPS) is 19.8. The molecule has 0 aromatic heterocycles. The lowest BCUT2D eigenvalue weighted by atomic mass is 9.74. The van der Waals surface area contributed by atoms with Crippen LogP contribution in [0, 0.1) is 5.41 Å². The van der Waals surface area contributed by atoms with Crippen molar-refractivity contribution in [3.63, 3.8) is 0 Å². The molecule has 2 N–H and O–H groups in total. The molecule has 0 unspecified atom stereocenters. The van der Waals surface area contributed by atoms with Crippen molar-refractivity contribution in [1.82, 2.24) is 4.90 Å². The largest absolute Gasteiger partial charge is 0.396 e. The molecule has 0 radical (unpaired) electrons. The van der Waals surface area contributed by atoms with Gasteiger partial charge in [0.05, 0.1) is 0 Å². The van der Waals surface area contributed by atoms with Gasteiger partial charge in [0, 0.05) is 25.2 Å². The van der Waals surface area contributed by atoms with E-state index in [0.717, 1.165) is 32.4 Å². The van der Waals surface area contributed by atoms with E-state index < -0.39 is 0 Å². The van der Waals surface area contributed by atoms with Crippen molar-refractivity contribution in [3.05, 3.63) is 0 Å². The Morgan fingerprint density at radius 3 is 2.29 bits per heavy atom. The highest BCUT2D eigenvalue weighted by Gasteiger charge is 2.32. The van der Waals surface area contributed by atoms with E-state index in [2.05, 4.69) is 11.9 Å². The first-order valence-corrected chi connectivity index (χ1v) is 7.13. The highest BCUT2D eigenvalue weighted by atomic mass is 16.3. The molecule has 3 nitrogen and oxygen atoms in total. The molecule has 0 aliphatic heterocycles. The van der Waals surface area contributed by atoms with Gasteiger partial charge < -0.3 is 15.1 Å². The second kappa shape index (κ2) is 8.06. The Bertz CT molecular complexity index is 191. The van der Waals surface area contributed by atoms with Crippen molar-refractivity contribution in [2.75, 3.05) is 33.4 Å². The Hall–Kier alpha value is -0.120. The maximum absolute atomic E-state index is 9.64. The molecule has 1 fully saturated rings. The van der Waals surface area contributed by atoms with Gasteiger partial charge in [-0.2, -0.15) is 0 Å². The lowest BCUT2D eigenvalue weighted by molar-refractivity contribution is 0.0479. The van der Waals surface area contributed by atoms with Gasteiger partial charge in [0.25, 0.3) is 0 Å². The average Bonchev–Trinajstić information content (AvgIpc) is 2.36. The number of unbranched alkanes of at least 4 members (excludes halogenated alkanes) is 2. The standard InChI is InChI=1S/C14H29NO2/c1-15(10-6-3-7-11-16)12-14(13-17)8-4-2-5-9-14/h16-17H,2-13H2,1H3. The predicted octanol–water partition coefficient (Wildman–Crippen LogP) is 2.02. The Balaban J connectivity index is 2.24. The van der Waals surface area contributed by atoms with Crippen molar-refractivity contribution < 1.29 is 10.2 Å². The van der Waals surface area contributed by atoms with E-state index in [0.29, 0.717) is 13.2 Å². The highest BCUT2D eigenvalue weighted by Crippen LogP contribution is 2.36. The minimum atomic E-state index is 0.171. The molecule has 0 aromatic carbocycles. The Labute approximate surface area is 106 Å². The zero-order valence-corrected chi connectivity index (χ0v) is 11.3. The van der Waals surface area contributed by atoms with Gasteiger partial charge in [-0.3, -0.25) is 0 Å². The fraction of sp³-hybridized carbons (Fsp3) is 1.00. The first kappa shape index (κ1) is 14.9. The second-order valence-corrected chi connectivity index (χ2v) is 5.74. The smallest absolute Gasteiger partial charge is 0.0499 e. The maximum atomic E-state index is 9.64. The number of hydrogen-bond donors (Lipinski definition) is 2. The van der Waals surface area contributed by atoms with Crippen LogP contribution < -0.4 is 0 Å². The van der Waals surface area contributed by atoms with E-state index in [4.69, 9.17) is 5.11 Å². The van der Waals surface area contributed by atoms with Gasteiger partial charge in [-0.15, -0.1) is 0 Å². The van der Waals surface area contributed by atoms with Crippen LogP contribution in [0.3, 0.4) is 0 Å². The van der Waals surface area contributed by atoms with Crippen LogP contribution >= 0.6 is 0 Å². The molecule has 102 valence electrons. The summed E-state index contributed by atoms with van der Waals surface area (Å²) in [7, 11) is 2.16. The van der Waals surface area contributed by atoms with Crippen molar-refractivity contribution >= 4 is 0 Å². The van der Waals surface area contributed by atoms with Crippen molar-refractivity contribution in [2.45, 2.75) is 51.4 Å². The van der Waals surface area contributed by atoms with Crippen LogP contribution in [0.5, 0.6) is 0 Å². The Kier molecular flexibility index (Phi) is 7.09. The lowest BCUT2D eigenvalue weighted by Gasteiger charge is -2.38. The molecule has 0 amide bonds. The van der Waals surface area contributed by atoms with Crippen molar-refractivity contribution in [2.24, 2.45) is 5.41 Å². The van der Waals surface area contributed by atoms with Crippen molar-refractivity contribution in [1.29, 1.82) is 0 Å². The van der Waals surface area contributed by atoms with Crippen molar-refractivity contribution in [3.8, 4) is 0 Å². The van der Waals surface area contributed by atoms with Gasteiger partial charge in [-0.05, 0) is 45.7 Å². The first-order valence-electron chi connectivity index (χ1n) is 7.13. The molecule has 0 atom stereocenters. The number of aliphatic hydroxyl groups excluding tert-OH is 2. The second-order valence-electron chi connectivity index (χ2n) is 5.74. The average molecular weight is 243 g/mol. The van der Waals surface area contributed by atoms with Crippen LogP contribution in [-0.4, -0.2) is 48.5 Å². The fourth-order valence-electron chi connectivity index (χ4n) is 2.99. The monoisotopic (exact) mass is 243 g/mol. The van der Waals surface area contributed by atoms with Gasteiger partial charge in [-0.25, -0.2) is 0 Å². The molecule has 3 heteroatoms. The third kappa shape index (κ3) is 5.36. The first-order chi connectivity index (χ1) is 8.22. The molecule has 1 saturated carbocycles. The maximum Gasteiger partial charge on any atom is 0.0499 e. The van der Waals surface area contributed by atoms with Crippen LogP contribution in [0.1, 0.15) is 51.4 Å². The zero-order valence-electron chi connectivity index (χ0n) is 11.3. The summed E-state index contributed by atoms with van der Waals surface area (Å²) in [6.45, 7) is 2.77. The van der Waals surface area contributed by atoms with E-state index >= 15 is 0 Å². The summed E-state index contributed by atoms with van der Waals surface area (Å²) in [5.74, 6) is 0. The number of hydrogen-bond acceptors (Lipinski definition) is 3. The van der Waals surface area contributed by atoms with Crippen LogP contribution in [-0.2, 0) is 0 Å². The van der Waals surface area contributed by atoms with E-state index in [1.54, 1.807) is 0 Å². The summed E-state index contributed by atoms with van der Waals surface area (Å²) in [6.07, 6.45) is 9.43. The lowest BCUT2D eigenvalue weighted by Crippen LogP contribution is -2.40. The molecule has 0 heterocycles. The molecule has 0 spiro atoms. The van der Waals surface area contributed by atoms with E-state index in [9.17, 15) is 5.11 Å². The Morgan fingerprint density at radius 2 is 1.71 bits per heavy atom. The number of rotatable bonds is 8. The highest BCUT2D eigenvalue weighted by molar-refractivity contribution is 4.84. The molecule has 17 heavy (non-hydrogen) atoms. The van der Waals surface area contributed by atoms with Gasteiger partial charge in [-0.1, -0.05) is 19.3 Å². The molecule has 1 rings (SSSR count). The van der Waals surface area contributed by atoms with E-state index in [1.165, 1.54) is 32.1 Å². The van der Waals surface area contributed by atoms with E-state index in [-0.39, 0.29) is 5.41 Å². The summed E-state index contributed by atoms with van der Waals surface area (Å²) < 4.78 is 0. The zero-order chi connectivity index (χ0) is 12.6. The third-order valence-electron chi connectivity index (χ3n) is 4.05. The summed E-state index contributed by atoms with van der Waals surface area (Å²) >= 11 is 0. The number of aliphatic hydroxyl groups is 2. The summed E-state index contributed by atoms with van der Waals surface area (Å²) in [6, 6.07) is 0. The van der Waals surface area contributed by atoms with Crippen LogP contribution in [0.15, 0.2) is 0 Å². The summed E-state index contributed by atoms with van der Waals surface area (Å²) in [5, 5.41) is 18.4. The fourth-order valence-corrected chi connectivity index (χ4v) is 2.99. The van der Waals surface area contributed by atoms with Crippen LogP contribution in [0.25, 0.3) is 0 Å². The predicted molar refractivity (Wildman–Crippen MR) is 71.0 cm³/mol. The SMILES string of the molecule is CN(CCCCCO)CC1(CO)CCCCC1. The molecular weight excluding hydrogens is 214 g/mol.